The predicted molar refractivity (Wildman–Crippen MR) is 110 cm³/mol. The number of halogens is 1. The maximum absolute atomic E-state index is 13.5. The fourth-order valence-corrected chi connectivity index (χ4v) is 4.66. The number of aliphatic hydroxyl groups is 1. The number of nitrogens with one attached hydrogen (secondary N) is 1. The second-order valence-corrected chi connectivity index (χ2v) is 7.67. The van der Waals surface area contributed by atoms with Gasteiger partial charge in [-0.1, -0.05) is 79.7 Å². The average Bonchev–Trinajstić information content (AvgIpc) is 2.75. The third-order valence-electron chi connectivity index (χ3n) is 6.06. The Bertz CT molecular complexity index is 897. The molecule has 1 heterocycles. The van der Waals surface area contributed by atoms with Crippen molar-refractivity contribution in [3.63, 3.8) is 0 Å². The highest BCUT2D eigenvalue weighted by Crippen LogP contribution is 2.49. The molecule has 3 heteroatoms. The Morgan fingerprint density at radius 3 is 2.04 bits per heavy atom. The van der Waals surface area contributed by atoms with Gasteiger partial charge in [0.2, 0.25) is 0 Å². The van der Waals surface area contributed by atoms with Crippen molar-refractivity contribution < 1.29 is 9.50 Å². The number of benzene rings is 3. The molecule has 4 rings (SSSR count). The van der Waals surface area contributed by atoms with Gasteiger partial charge in [0, 0.05) is 24.4 Å². The summed E-state index contributed by atoms with van der Waals surface area (Å²) in [6.07, 6.45) is 1.35. The van der Waals surface area contributed by atoms with Crippen LogP contribution < -0.4 is 5.32 Å². The maximum Gasteiger partial charge on any atom is 0.123 e. The van der Waals surface area contributed by atoms with Crippen molar-refractivity contribution in [3.05, 3.63) is 107 Å². The van der Waals surface area contributed by atoms with E-state index in [9.17, 15) is 9.50 Å². The molecule has 1 aliphatic heterocycles. The van der Waals surface area contributed by atoms with Crippen molar-refractivity contribution in [2.45, 2.75) is 37.5 Å². The monoisotopic (exact) mass is 375 g/mol. The van der Waals surface area contributed by atoms with Gasteiger partial charge in [0.25, 0.3) is 0 Å². The first-order chi connectivity index (χ1) is 13.6. The third-order valence-corrected chi connectivity index (χ3v) is 6.06. The fourth-order valence-electron chi connectivity index (χ4n) is 4.66. The van der Waals surface area contributed by atoms with Crippen LogP contribution in [0.4, 0.5) is 4.39 Å². The molecule has 1 saturated heterocycles. The first kappa shape index (κ1) is 18.9. The van der Waals surface area contributed by atoms with Crippen molar-refractivity contribution in [1.29, 1.82) is 0 Å². The minimum atomic E-state index is -1.05. The van der Waals surface area contributed by atoms with E-state index in [4.69, 9.17) is 0 Å². The first-order valence-corrected chi connectivity index (χ1v) is 9.96. The van der Waals surface area contributed by atoms with E-state index in [1.54, 1.807) is 12.1 Å². The van der Waals surface area contributed by atoms with E-state index >= 15 is 0 Å². The number of piperidine rings is 1. The molecule has 28 heavy (non-hydrogen) atoms. The van der Waals surface area contributed by atoms with Gasteiger partial charge in [-0.2, -0.15) is 0 Å². The SMILES string of the molecule is CC[C@@H]1[C@H](c2ccccc2)N[C@H](c2ccccc2)C[C@]1(O)c1ccc(F)cc1. The van der Waals surface area contributed by atoms with Crippen LogP contribution >= 0.6 is 0 Å². The highest BCUT2D eigenvalue weighted by Gasteiger charge is 2.48. The molecular formula is C25H26FNO. The van der Waals surface area contributed by atoms with Crippen LogP contribution in [0, 0.1) is 11.7 Å². The van der Waals surface area contributed by atoms with E-state index < -0.39 is 5.60 Å². The molecule has 4 atom stereocenters. The van der Waals surface area contributed by atoms with Crippen LogP contribution in [-0.4, -0.2) is 5.11 Å². The van der Waals surface area contributed by atoms with Crippen LogP contribution in [0.5, 0.6) is 0 Å². The third kappa shape index (κ3) is 3.48. The van der Waals surface area contributed by atoms with Crippen LogP contribution in [0.25, 0.3) is 0 Å². The summed E-state index contributed by atoms with van der Waals surface area (Å²) in [5.74, 6) is -0.311. The highest BCUT2D eigenvalue weighted by molar-refractivity contribution is 5.32. The summed E-state index contributed by atoms with van der Waals surface area (Å²) < 4.78 is 13.5. The van der Waals surface area contributed by atoms with Crippen molar-refractivity contribution in [3.8, 4) is 0 Å². The minimum Gasteiger partial charge on any atom is -0.385 e. The van der Waals surface area contributed by atoms with Crippen LogP contribution in [-0.2, 0) is 5.60 Å². The lowest BCUT2D eigenvalue weighted by molar-refractivity contribution is -0.0830. The molecular weight excluding hydrogens is 349 g/mol. The van der Waals surface area contributed by atoms with Gasteiger partial charge in [-0.25, -0.2) is 4.39 Å². The Labute approximate surface area is 166 Å². The molecule has 3 aromatic rings. The Kier molecular flexibility index (Phi) is 5.29. The number of hydrogen-bond donors (Lipinski definition) is 2. The smallest absolute Gasteiger partial charge is 0.123 e. The van der Waals surface area contributed by atoms with E-state index in [1.807, 2.05) is 36.4 Å². The van der Waals surface area contributed by atoms with Crippen molar-refractivity contribution in [1.82, 2.24) is 5.32 Å². The Hall–Kier alpha value is -2.49. The van der Waals surface area contributed by atoms with Gasteiger partial charge >= 0.3 is 0 Å². The molecule has 0 amide bonds. The summed E-state index contributed by atoms with van der Waals surface area (Å²) in [5.41, 5.74) is 2.05. The minimum absolute atomic E-state index is 0.000194. The molecule has 0 aliphatic carbocycles. The molecule has 0 unspecified atom stereocenters. The summed E-state index contributed by atoms with van der Waals surface area (Å²) in [6, 6.07) is 26.9. The second-order valence-electron chi connectivity index (χ2n) is 7.67. The van der Waals surface area contributed by atoms with E-state index in [-0.39, 0.29) is 23.8 Å². The van der Waals surface area contributed by atoms with E-state index in [0.717, 1.165) is 23.1 Å². The van der Waals surface area contributed by atoms with E-state index in [1.165, 1.54) is 12.1 Å². The molecule has 144 valence electrons. The Balaban J connectivity index is 1.81. The molecule has 3 aromatic carbocycles. The molecule has 0 aromatic heterocycles. The van der Waals surface area contributed by atoms with Gasteiger partial charge in [0.15, 0.2) is 0 Å². The average molecular weight is 375 g/mol. The summed E-state index contributed by atoms with van der Waals surface area (Å²) >= 11 is 0. The lowest BCUT2D eigenvalue weighted by Gasteiger charge is -2.49. The van der Waals surface area contributed by atoms with Gasteiger partial charge in [0.05, 0.1) is 5.60 Å². The van der Waals surface area contributed by atoms with Crippen molar-refractivity contribution in [2.24, 2.45) is 5.92 Å². The Morgan fingerprint density at radius 1 is 0.893 bits per heavy atom. The van der Waals surface area contributed by atoms with Gasteiger partial charge in [-0.05, 0) is 35.2 Å². The van der Waals surface area contributed by atoms with Crippen LogP contribution in [0.3, 0.4) is 0 Å². The van der Waals surface area contributed by atoms with Crippen LogP contribution in [0.15, 0.2) is 84.9 Å². The number of rotatable bonds is 4. The van der Waals surface area contributed by atoms with Crippen LogP contribution in [0.2, 0.25) is 0 Å². The highest BCUT2D eigenvalue weighted by atomic mass is 19.1. The molecule has 2 nitrogen and oxygen atoms in total. The van der Waals surface area contributed by atoms with Crippen molar-refractivity contribution in [2.75, 3.05) is 0 Å². The molecule has 1 aliphatic rings. The van der Waals surface area contributed by atoms with Crippen molar-refractivity contribution >= 4 is 0 Å². The Morgan fingerprint density at radius 2 is 1.46 bits per heavy atom. The molecule has 0 saturated carbocycles. The summed E-state index contributed by atoms with van der Waals surface area (Å²) in [4.78, 5) is 0. The zero-order valence-corrected chi connectivity index (χ0v) is 16.1. The van der Waals surface area contributed by atoms with E-state index in [0.29, 0.717) is 6.42 Å². The summed E-state index contributed by atoms with van der Waals surface area (Å²) in [7, 11) is 0. The zero-order valence-electron chi connectivity index (χ0n) is 16.1. The lowest BCUT2D eigenvalue weighted by Crippen LogP contribution is -2.51. The molecule has 0 spiro atoms. The second kappa shape index (κ2) is 7.86. The quantitative estimate of drug-likeness (QED) is 0.630. The van der Waals surface area contributed by atoms with Gasteiger partial charge < -0.3 is 10.4 Å². The topological polar surface area (TPSA) is 32.3 Å². The van der Waals surface area contributed by atoms with Crippen LogP contribution in [0.1, 0.15) is 48.5 Å². The molecule has 0 radical (unpaired) electrons. The van der Waals surface area contributed by atoms with Gasteiger partial charge in [0.1, 0.15) is 5.82 Å². The normalized spacial score (nSPS) is 27.5. The lowest BCUT2D eigenvalue weighted by atomic mass is 9.67. The standard InChI is InChI=1S/C25H26FNO/c1-2-22-24(19-11-7-4-8-12-19)27-23(18-9-5-3-6-10-18)17-25(22,28)20-13-15-21(26)16-14-20/h3-16,22-24,27-28H,2,17H2,1H3/t22-,23+,24+,25+/m1/s1. The molecule has 1 fully saturated rings. The maximum atomic E-state index is 13.5. The molecule has 2 N–H and O–H groups in total. The number of hydrogen-bond acceptors (Lipinski definition) is 2. The predicted octanol–water partition coefficient (Wildman–Crippen LogP) is 5.52. The van der Waals surface area contributed by atoms with Gasteiger partial charge in [-0.15, -0.1) is 0 Å². The molecule has 0 bridgehead atoms. The largest absolute Gasteiger partial charge is 0.385 e. The fraction of sp³-hybridized carbons (Fsp3) is 0.280. The van der Waals surface area contributed by atoms with E-state index in [2.05, 4.69) is 36.5 Å². The first-order valence-electron chi connectivity index (χ1n) is 9.96. The van der Waals surface area contributed by atoms with Gasteiger partial charge in [-0.3, -0.25) is 0 Å². The zero-order chi connectivity index (χ0) is 19.6. The summed E-state index contributed by atoms with van der Waals surface area (Å²) in [5, 5.41) is 15.8. The summed E-state index contributed by atoms with van der Waals surface area (Å²) in [6.45, 7) is 2.11.